The average molecular weight is 739 g/mol. The third kappa shape index (κ3) is 12.6. The van der Waals surface area contributed by atoms with Gasteiger partial charge in [0.25, 0.3) is 5.24 Å². The molecular formula is C44H51ClN2O6. The molecule has 0 N–H and O–H groups in total. The molecule has 0 amide bonds. The molecule has 1 saturated heterocycles. The van der Waals surface area contributed by atoms with E-state index < -0.39 is 5.24 Å². The van der Waals surface area contributed by atoms with E-state index in [1.54, 1.807) is 31.4 Å². The summed E-state index contributed by atoms with van der Waals surface area (Å²) in [5.74, 6) is 2.58. The van der Waals surface area contributed by atoms with Crippen molar-refractivity contribution in [1.82, 2.24) is 10.2 Å². The Morgan fingerprint density at radius 1 is 0.698 bits per heavy atom. The monoisotopic (exact) mass is 738 g/mol. The molecule has 0 saturated carbocycles. The van der Waals surface area contributed by atoms with Crippen LogP contribution in [0.1, 0.15) is 74.7 Å². The molecule has 1 aromatic heterocycles. The van der Waals surface area contributed by atoms with Crippen LogP contribution in [-0.4, -0.2) is 55.6 Å². The lowest BCUT2D eigenvalue weighted by molar-refractivity contribution is -0.137. The molecular weight excluding hydrogens is 688 g/mol. The summed E-state index contributed by atoms with van der Waals surface area (Å²) >= 11 is 5.22. The first kappa shape index (κ1) is 39.7. The maximum absolute atomic E-state index is 10.6. The Kier molecular flexibility index (Phi) is 15.5. The van der Waals surface area contributed by atoms with Crippen molar-refractivity contribution in [2.24, 2.45) is 5.41 Å². The Bertz CT molecular complexity index is 1800. The van der Waals surface area contributed by atoms with Gasteiger partial charge < -0.3 is 23.4 Å². The summed E-state index contributed by atoms with van der Waals surface area (Å²) in [6.45, 7) is 8.45. The van der Waals surface area contributed by atoms with E-state index in [-0.39, 0.29) is 5.41 Å². The van der Waals surface area contributed by atoms with Crippen LogP contribution in [0.25, 0.3) is 34.0 Å². The van der Waals surface area contributed by atoms with Gasteiger partial charge >= 0.3 is 0 Å². The van der Waals surface area contributed by atoms with E-state index in [0.717, 1.165) is 75.4 Å². The van der Waals surface area contributed by atoms with Crippen LogP contribution in [0.5, 0.6) is 11.5 Å². The molecule has 0 aliphatic carbocycles. The van der Waals surface area contributed by atoms with Crippen molar-refractivity contribution in [3.05, 3.63) is 108 Å². The number of aromatic nitrogens is 2. The van der Waals surface area contributed by atoms with Crippen molar-refractivity contribution in [1.29, 1.82) is 0 Å². The van der Waals surface area contributed by atoms with Crippen LogP contribution >= 0.6 is 11.6 Å². The van der Waals surface area contributed by atoms with E-state index in [9.17, 15) is 4.79 Å². The number of carbonyl (C=O) groups is 1. The maximum Gasteiger partial charge on any atom is 0.252 e. The summed E-state index contributed by atoms with van der Waals surface area (Å²) in [5.41, 5.74) is 6.29. The quantitative estimate of drug-likeness (QED) is 0.0610. The van der Waals surface area contributed by atoms with E-state index in [1.165, 1.54) is 36.0 Å². The smallest absolute Gasteiger partial charge is 0.252 e. The van der Waals surface area contributed by atoms with Gasteiger partial charge in [0.05, 0.1) is 33.5 Å². The van der Waals surface area contributed by atoms with Crippen LogP contribution in [0.3, 0.4) is 0 Å². The summed E-state index contributed by atoms with van der Waals surface area (Å²) < 4.78 is 27.9. The van der Waals surface area contributed by atoms with E-state index in [1.807, 2.05) is 36.4 Å². The van der Waals surface area contributed by atoms with Crippen LogP contribution in [0.4, 0.5) is 0 Å². The molecule has 0 spiro atoms. The summed E-state index contributed by atoms with van der Waals surface area (Å²) in [7, 11) is 1.57. The number of hydrogen-bond acceptors (Lipinski definition) is 8. The molecule has 0 bridgehead atoms. The molecule has 9 heteroatoms. The Balaban J connectivity index is 0.000000422. The molecule has 1 aliphatic rings. The minimum Gasteiger partial charge on any atom is -0.497 e. The number of aryl methyl sites for hydroxylation is 1. The summed E-state index contributed by atoms with van der Waals surface area (Å²) in [6, 6.07) is 31.7. The molecule has 1 fully saturated rings. The predicted molar refractivity (Wildman–Crippen MR) is 211 cm³/mol. The Labute approximate surface area is 318 Å². The number of halogens is 1. The zero-order chi connectivity index (χ0) is 37.3. The third-order valence-corrected chi connectivity index (χ3v) is 9.35. The number of rotatable bonds is 19. The van der Waals surface area contributed by atoms with Gasteiger partial charge in [-0.25, -0.2) is 0 Å². The molecule has 4 aromatic carbocycles. The highest BCUT2D eigenvalue weighted by Gasteiger charge is 2.33. The van der Waals surface area contributed by atoms with Crippen molar-refractivity contribution in [2.75, 3.05) is 40.1 Å². The second-order valence-corrected chi connectivity index (χ2v) is 14.1. The lowest BCUT2D eigenvalue weighted by Gasteiger charge is -2.37. The number of nitrogens with zero attached hydrogens (tertiary/aromatic N) is 2. The topological polar surface area (TPSA) is 92.9 Å². The van der Waals surface area contributed by atoms with E-state index in [4.69, 9.17) is 35.0 Å². The minimum absolute atomic E-state index is 0.239. The van der Waals surface area contributed by atoms with E-state index in [2.05, 4.69) is 60.4 Å². The number of hydrogen-bond donors (Lipinski definition) is 0. The molecule has 8 nitrogen and oxygen atoms in total. The highest BCUT2D eigenvalue weighted by Crippen LogP contribution is 2.29. The van der Waals surface area contributed by atoms with Crippen molar-refractivity contribution >= 4 is 16.8 Å². The van der Waals surface area contributed by atoms with Crippen molar-refractivity contribution in [3.63, 3.8) is 0 Å². The molecule has 280 valence electrons. The first-order chi connectivity index (χ1) is 25.9. The lowest BCUT2D eigenvalue weighted by Crippen LogP contribution is -2.43. The SMILES string of the molecule is CCCCCc1ccc(-c2ccc(-c3nnc(-c4ccc(OCCCCCCOCC5(C)COC5)cc4)o3)cc2)cc1.COc1ccc(C(=O)Cl)cc1. The van der Waals surface area contributed by atoms with Crippen LogP contribution in [0.15, 0.2) is 101 Å². The zero-order valence-electron chi connectivity index (χ0n) is 31.2. The predicted octanol–water partition coefficient (Wildman–Crippen LogP) is 10.9. The maximum atomic E-state index is 10.6. The molecule has 0 atom stereocenters. The van der Waals surface area contributed by atoms with Crippen molar-refractivity contribution < 1.29 is 28.2 Å². The average Bonchev–Trinajstić information content (AvgIpc) is 3.68. The van der Waals surface area contributed by atoms with Gasteiger partial charge in [-0.2, -0.15) is 0 Å². The number of unbranched alkanes of at least 4 members (excludes halogenated alkanes) is 5. The van der Waals surface area contributed by atoms with Gasteiger partial charge in [0, 0.05) is 28.7 Å². The van der Waals surface area contributed by atoms with Gasteiger partial charge in [0.2, 0.25) is 11.8 Å². The largest absolute Gasteiger partial charge is 0.497 e. The highest BCUT2D eigenvalue weighted by atomic mass is 35.5. The van der Waals surface area contributed by atoms with Crippen molar-refractivity contribution in [2.45, 2.75) is 65.2 Å². The number of benzene rings is 4. The first-order valence-corrected chi connectivity index (χ1v) is 19.0. The Morgan fingerprint density at radius 3 is 1.79 bits per heavy atom. The van der Waals surface area contributed by atoms with Crippen molar-refractivity contribution in [3.8, 4) is 45.5 Å². The van der Waals surface area contributed by atoms with Gasteiger partial charge in [-0.15, -0.1) is 10.2 Å². The highest BCUT2D eigenvalue weighted by molar-refractivity contribution is 6.67. The van der Waals surface area contributed by atoms with E-state index in [0.29, 0.717) is 29.7 Å². The molecule has 2 heterocycles. The molecule has 0 radical (unpaired) electrons. The summed E-state index contributed by atoms with van der Waals surface area (Å²) in [4.78, 5) is 10.6. The Hall–Kier alpha value is -4.50. The molecule has 5 aromatic rings. The zero-order valence-corrected chi connectivity index (χ0v) is 31.9. The van der Waals surface area contributed by atoms with Gasteiger partial charge in [-0.3, -0.25) is 4.79 Å². The number of carbonyl (C=O) groups excluding carboxylic acids is 1. The van der Waals surface area contributed by atoms with Crippen LogP contribution in [0, 0.1) is 5.41 Å². The van der Waals surface area contributed by atoms with Gasteiger partial charge in [-0.1, -0.05) is 69.5 Å². The van der Waals surface area contributed by atoms with Crippen LogP contribution in [0.2, 0.25) is 0 Å². The standard InChI is InChI=1S/C36H44N2O4.C8H7ClO2/c1-3-4-7-10-28-11-13-29(14-12-28)30-15-17-31(18-16-30)34-37-38-35(42-34)32-19-21-33(22-20-32)41-24-9-6-5-8-23-39-25-36(2)26-40-27-36;1-11-7-4-2-6(3-5-7)8(9)10/h11-22H,3-10,23-27H2,1-2H3;2-5H,1H3. The summed E-state index contributed by atoms with van der Waals surface area (Å²) in [6.07, 6.45) is 9.36. The van der Waals surface area contributed by atoms with Crippen LogP contribution in [-0.2, 0) is 15.9 Å². The molecule has 6 rings (SSSR count). The lowest BCUT2D eigenvalue weighted by atomic mass is 9.90. The Morgan fingerprint density at radius 2 is 1.25 bits per heavy atom. The third-order valence-electron chi connectivity index (χ3n) is 9.13. The molecule has 53 heavy (non-hydrogen) atoms. The fourth-order valence-corrected chi connectivity index (χ4v) is 5.95. The van der Waals surface area contributed by atoms with E-state index >= 15 is 0 Å². The first-order valence-electron chi connectivity index (χ1n) is 18.6. The molecule has 0 unspecified atom stereocenters. The van der Waals surface area contributed by atoms with Gasteiger partial charge in [0.15, 0.2) is 0 Å². The van der Waals surface area contributed by atoms with Gasteiger partial charge in [0.1, 0.15) is 11.5 Å². The number of methoxy groups -OCH3 is 1. The number of ether oxygens (including phenoxy) is 4. The molecule has 1 aliphatic heterocycles. The fourth-order valence-electron chi connectivity index (χ4n) is 5.82. The normalized spacial score (nSPS) is 13.1. The van der Waals surface area contributed by atoms with Gasteiger partial charge in [-0.05, 0) is 121 Å². The summed E-state index contributed by atoms with van der Waals surface area (Å²) in [5, 5.41) is 8.11. The second-order valence-electron chi connectivity index (χ2n) is 13.8. The minimum atomic E-state index is -0.451. The van der Waals surface area contributed by atoms with Crippen LogP contribution < -0.4 is 9.47 Å². The fraction of sp³-hybridized carbons (Fsp3) is 0.386. The second kappa shape index (κ2) is 20.7.